The quantitative estimate of drug-likeness (QED) is 0.831. The fourth-order valence-corrected chi connectivity index (χ4v) is 2.49. The first kappa shape index (κ1) is 13.9. The first-order valence-corrected chi connectivity index (χ1v) is 7.58. The molecular formula is C10H14N6OS2. The van der Waals surface area contributed by atoms with E-state index in [-0.39, 0.29) is 0 Å². The minimum Gasteiger partial charge on any atom is -0.463 e. The van der Waals surface area contributed by atoms with Gasteiger partial charge in [-0.3, -0.25) is 0 Å². The SMILES string of the molecule is CCCOc1nc(NCC)nc(Sc2nncs2)n1. The van der Waals surface area contributed by atoms with E-state index in [0.29, 0.717) is 23.7 Å². The van der Waals surface area contributed by atoms with Crippen LogP contribution in [-0.2, 0) is 0 Å². The summed E-state index contributed by atoms with van der Waals surface area (Å²) in [7, 11) is 0. The summed E-state index contributed by atoms with van der Waals surface area (Å²) >= 11 is 2.78. The lowest BCUT2D eigenvalue weighted by molar-refractivity contribution is 0.288. The van der Waals surface area contributed by atoms with Crippen LogP contribution in [0.15, 0.2) is 15.0 Å². The Labute approximate surface area is 119 Å². The molecule has 0 atom stereocenters. The lowest BCUT2D eigenvalue weighted by Crippen LogP contribution is -2.07. The third kappa shape index (κ3) is 4.28. The maximum absolute atomic E-state index is 5.45. The van der Waals surface area contributed by atoms with E-state index in [0.717, 1.165) is 17.3 Å². The van der Waals surface area contributed by atoms with Gasteiger partial charge >= 0.3 is 6.01 Å². The van der Waals surface area contributed by atoms with E-state index in [4.69, 9.17) is 4.74 Å². The molecule has 0 saturated heterocycles. The number of anilines is 1. The molecule has 19 heavy (non-hydrogen) atoms. The van der Waals surface area contributed by atoms with Crippen LogP contribution in [0.4, 0.5) is 5.95 Å². The number of hydrogen-bond acceptors (Lipinski definition) is 9. The summed E-state index contributed by atoms with van der Waals surface area (Å²) < 4.78 is 6.24. The predicted octanol–water partition coefficient (Wildman–Crippen LogP) is 2.09. The monoisotopic (exact) mass is 298 g/mol. The van der Waals surface area contributed by atoms with Crippen molar-refractivity contribution in [1.82, 2.24) is 25.1 Å². The highest BCUT2D eigenvalue weighted by Gasteiger charge is 2.10. The van der Waals surface area contributed by atoms with Crippen molar-refractivity contribution in [3.63, 3.8) is 0 Å². The molecular weight excluding hydrogens is 284 g/mol. The van der Waals surface area contributed by atoms with E-state index in [1.165, 1.54) is 23.1 Å². The average Bonchev–Trinajstić information content (AvgIpc) is 2.89. The molecule has 1 N–H and O–H groups in total. The smallest absolute Gasteiger partial charge is 0.322 e. The van der Waals surface area contributed by atoms with Crippen molar-refractivity contribution in [2.24, 2.45) is 0 Å². The molecule has 0 radical (unpaired) electrons. The topological polar surface area (TPSA) is 85.7 Å². The Kier molecular flexibility index (Phi) is 5.28. The van der Waals surface area contributed by atoms with Crippen LogP contribution in [-0.4, -0.2) is 38.3 Å². The number of ether oxygens (including phenoxy) is 1. The molecule has 7 nitrogen and oxygen atoms in total. The standard InChI is InChI=1S/C10H14N6OS2/c1-3-5-17-8-13-7(11-4-2)14-9(15-8)19-10-16-12-6-18-10/h6H,3-5H2,1-2H3,(H,11,13,14,15). The summed E-state index contributed by atoms with van der Waals surface area (Å²) in [5.74, 6) is 0.510. The molecule has 0 aromatic carbocycles. The molecule has 0 saturated carbocycles. The summed E-state index contributed by atoms with van der Waals surface area (Å²) in [6.07, 6.45) is 0.904. The molecule has 0 spiro atoms. The van der Waals surface area contributed by atoms with Crippen LogP contribution in [0.2, 0.25) is 0 Å². The Morgan fingerprint density at radius 1 is 1.32 bits per heavy atom. The van der Waals surface area contributed by atoms with E-state index >= 15 is 0 Å². The maximum atomic E-state index is 5.45. The lowest BCUT2D eigenvalue weighted by Gasteiger charge is -2.07. The van der Waals surface area contributed by atoms with Gasteiger partial charge in [0, 0.05) is 6.54 Å². The van der Waals surface area contributed by atoms with Gasteiger partial charge in [0.15, 0.2) is 4.34 Å². The van der Waals surface area contributed by atoms with Crippen LogP contribution in [0.1, 0.15) is 20.3 Å². The number of hydrogen-bond donors (Lipinski definition) is 1. The molecule has 0 bridgehead atoms. The zero-order valence-corrected chi connectivity index (χ0v) is 12.3. The summed E-state index contributed by atoms with van der Waals surface area (Å²) in [5.41, 5.74) is 1.67. The zero-order chi connectivity index (χ0) is 13.5. The molecule has 2 aromatic rings. The van der Waals surface area contributed by atoms with Crippen LogP contribution in [0.5, 0.6) is 6.01 Å². The average molecular weight is 298 g/mol. The minimum absolute atomic E-state index is 0.333. The van der Waals surface area contributed by atoms with Gasteiger partial charge in [-0.1, -0.05) is 18.3 Å². The highest BCUT2D eigenvalue weighted by Crippen LogP contribution is 2.27. The fourth-order valence-electron chi connectivity index (χ4n) is 1.16. The van der Waals surface area contributed by atoms with E-state index < -0.39 is 0 Å². The normalized spacial score (nSPS) is 10.4. The van der Waals surface area contributed by atoms with Crippen molar-refractivity contribution in [3.8, 4) is 6.01 Å². The van der Waals surface area contributed by atoms with Crippen molar-refractivity contribution in [2.45, 2.75) is 29.8 Å². The molecule has 2 aromatic heterocycles. The highest BCUT2D eigenvalue weighted by atomic mass is 32.2. The first-order valence-electron chi connectivity index (χ1n) is 5.88. The van der Waals surface area contributed by atoms with Crippen molar-refractivity contribution < 1.29 is 4.74 Å². The molecule has 0 aliphatic rings. The number of aromatic nitrogens is 5. The Balaban J connectivity index is 2.17. The molecule has 0 unspecified atom stereocenters. The van der Waals surface area contributed by atoms with Crippen LogP contribution in [0, 0.1) is 0 Å². The Morgan fingerprint density at radius 2 is 2.21 bits per heavy atom. The van der Waals surface area contributed by atoms with Gasteiger partial charge in [0.25, 0.3) is 0 Å². The second-order valence-corrected chi connectivity index (χ2v) is 5.46. The number of nitrogens with one attached hydrogen (secondary N) is 1. The van der Waals surface area contributed by atoms with E-state index in [1.54, 1.807) is 5.51 Å². The summed E-state index contributed by atoms with van der Waals surface area (Å²) in [6, 6.07) is 0.333. The Morgan fingerprint density at radius 3 is 2.89 bits per heavy atom. The molecule has 0 fully saturated rings. The van der Waals surface area contributed by atoms with Crippen molar-refractivity contribution in [2.75, 3.05) is 18.5 Å². The number of nitrogens with zero attached hydrogens (tertiary/aromatic N) is 5. The maximum Gasteiger partial charge on any atom is 0.322 e. The first-order chi connectivity index (χ1) is 9.31. The second-order valence-electron chi connectivity index (χ2n) is 3.41. The van der Waals surface area contributed by atoms with Gasteiger partial charge in [-0.15, -0.1) is 10.2 Å². The second kappa shape index (κ2) is 7.19. The van der Waals surface area contributed by atoms with Crippen LogP contribution in [0.25, 0.3) is 0 Å². The van der Waals surface area contributed by atoms with Gasteiger partial charge in [0.2, 0.25) is 11.1 Å². The van der Waals surface area contributed by atoms with Gasteiger partial charge in [-0.05, 0) is 25.1 Å². The van der Waals surface area contributed by atoms with Gasteiger partial charge in [-0.2, -0.15) is 15.0 Å². The Hall–Kier alpha value is -1.48. The zero-order valence-electron chi connectivity index (χ0n) is 10.7. The van der Waals surface area contributed by atoms with Gasteiger partial charge in [-0.25, -0.2) is 0 Å². The summed E-state index contributed by atoms with van der Waals surface area (Å²) in [4.78, 5) is 12.7. The fraction of sp³-hybridized carbons (Fsp3) is 0.500. The highest BCUT2D eigenvalue weighted by molar-refractivity contribution is 8.00. The molecule has 0 amide bonds. The van der Waals surface area contributed by atoms with E-state index in [9.17, 15) is 0 Å². The van der Waals surface area contributed by atoms with Crippen molar-refractivity contribution in [3.05, 3.63) is 5.51 Å². The summed E-state index contributed by atoms with van der Waals surface area (Å²) in [5, 5.41) is 11.3. The van der Waals surface area contributed by atoms with Crippen molar-refractivity contribution in [1.29, 1.82) is 0 Å². The third-order valence-corrected chi connectivity index (χ3v) is 3.53. The predicted molar refractivity (Wildman–Crippen MR) is 73.8 cm³/mol. The van der Waals surface area contributed by atoms with Gasteiger partial charge in [0.1, 0.15) is 5.51 Å². The largest absolute Gasteiger partial charge is 0.463 e. The van der Waals surface area contributed by atoms with Gasteiger partial charge in [0.05, 0.1) is 6.61 Å². The van der Waals surface area contributed by atoms with Crippen LogP contribution < -0.4 is 10.1 Å². The molecule has 2 heterocycles. The van der Waals surface area contributed by atoms with Gasteiger partial charge < -0.3 is 10.1 Å². The lowest BCUT2D eigenvalue weighted by atomic mass is 10.5. The molecule has 102 valence electrons. The van der Waals surface area contributed by atoms with Crippen LogP contribution >= 0.6 is 23.1 Å². The molecule has 2 rings (SSSR count). The van der Waals surface area contributed by atoms with E-state index in [1.807, 2.05) is 13.8 Å². The summed E-state index contributed by atoms with van der Waals surface area (Å²) in [6.45, 7) is 5.33. The molecule has 9 heteroatoms. The number of rotatable bonds is 7. The Bertz CT molecular complexity index is 507. The third-order valence-electron chi connectivity index (χ3n) is 1.88. The van der Waals surface area contributed by atoms with Crippen LogP contribution in [0.3, 0.4) is 0 Å². The minimum atomic E-state index is 0.333. The molecule has 0 aliphatic heterocycles. The van der Waals surface area contributed by atoms with Crippen molar-refractivity contribution >= 4 is 29.0 Å². The molecule has 0 aliphatic carbocycles. The van der Waals surface area contributed by atoms with E-state index in [2.05, 4.69) is 30.5 Å².